The molecular formula is C15H20ClNO4. The van der Waals surface area contributed by atoms with Gasteiger partial charge in [0.25, 0.3) is 5.91 Å². The van der Waals surface area contributed by atoms with E-state index in [2.05, 4.69) is 5.32 Å². The van der Waals surface area contributed by atoms with Crippen molar-refractivity contribution in [1.82, 2.24) is 5.32 Å². The molecule has 1 rings (SSSR count). The van der Waals surface area contributed by atoms with Crippen molar-refractivity contribution >= 4 is 23.5 Å². The molecule has 2 N–H and O–H groups in total. The first-order chi connectivity index (χ1) is 9.85. The Hall–Kier alpha value is -1.75. The summed E-state index contributed by atoms with van der Waals surface area (Å²) >= 11 is 5.78. The van der Waals surface area contributed by atoms with Crippen LogP contribution in [0, 0.1) is 0 Å². The van der Waals surface area contributed by atoms with Crippen molar-refractivity contribution in [3.05, 3.63) is 28.8 Å². The quantitative estimate of drug-likeness (QED) is 0.811. The van der Waals surface area contributed by atoms with E-state index in [4.69, 9.17) is 21.4 Å². The van der Waals surface area contributed by atoms with Crippen LogP contribution in [-0.2, 0) is 4.79 Å². The smallest absolute Gasteiger partial charge is 0.337 e. The van der Waals surface area contributed by atoms with E-state index in [9.17, 15) is 9.59 Å². The minimum Gasteiger partial charge on any atom is -0.481 e. The van der Waals surface area contributed by atoms with Gasteiger partial charge in [-0.1, -0.05) is 24.9 Å². The summed E-state index contributed by atoms with van der Waals surface area (Å²) in [5, 5.41) is 12.0. The number of hydrogen-bond acceptors (Lipinski definition) is 3. The third-order valence-electron chi connectivity index (χ3n) is 2.96. The largest absolute Gasteiger partial charge is 0.481 e. The standard InChI is InChI=1S/C15H20ClNO4/c1-4-5-9(2)17-14(18)10(3)21-11-6-7-13(16)12(8-11)15(19)20/h6-10H,4-5H2,1-3H3,(H,17,18)(H,19,20). The van der Waals surface area contributed by atoms with Gasteiger partial charge in [0, 0.05) is 6.04 Å². The van der Waals surface area contributed by atoms with Crippen LogP contribution in [0.2, 0.25) is 5.02 Å². The fraction of sp³-hybridized carbons (Fsp3) is 0.467. The minimum absolute atomic E-state index is 0.0545. The number of carbonyl (C=O) groups excluding carboxylic acids is 1. The summed E-state index contributed by atoms with van der Waals surface area (Å²) in [7, 11) is 0. The lowest BCUT2D eigenvalue weighted by atomic mass is 10.2. The Morgan fingerprint density at radius 1 is 1.38 bits per heavy atom. The maximum Gasteiger partial charge on any atom is 0.337 e. The molecule has 0 aliphatic heterocycles. The molecule has 1 aromatic carbocycles. The Labute approximate surface area is 129 Å². The molecule has 21 heavy (non-hydrogen) atoms. The number of rotatable bonds is 7. The Morgan fingerprint density at radius 3 is 2.62 bits per heavy atom. The monoisotopic (exact) mass is 313 g/mol. The normalized spacial score (nSPS) is 13.3. The molecule has 1 amide bonds. The molecule has 0 saturated carbocycles. The summed E-state index contributed by atoms with van der Waals surface area (Å²) < 4.78 is 5.47. The van der Waals surface area contributed by atoms with Gasteiger partial charge in [-0.05, 0) is 38.5 Å². The van der Waals surface area contributed by atoms with Gasteiger partial charge in [-0.3, -0.25) is 4.79 Å². The van der Waals surface area contributed by atoms with Gasteiger partial charge in [0.1, 0.15) is 5.75 Å². The van der Waals surface area contributed by atoms with Gasteiger partial charge in [-0.2, -0.15) is 0 Å². The molecule has 6 heteroatoms. The molecule has 0 fully saturated rings. The van der Waals surface area contributed by atoms with Crippen LogP contribution >= 0.6 is 11.6 Å². The highest BCUT2D eigenvalue weighted by Gasteiger charge is 2.18. The lowest BCUT2D eigenvalue weighted by molar-refractivity contribution is -0.127. The van der Waals surface area contributed by atoms with Crippen molar-refractivity contribution < 1.29 is 19.4 Å². The van der Waals surface area contributed by atoms with E-state index >= 15 is 0 Å². The van der Waals surface area contributed by atoms with Crippen LogP contribution in [-0.4, -0.2) is 29.1 Å². The minimum atomic E-state index is -1.14. The average Bonchev–Trinajstić information content (AvgIpc) is 2.40. The van der Waals surface area contributed by atoms with Crippen LogP contribution in [0.3, 0.4) is 0 Å². The van der Waals surface area contributed by atoms with E-state index in [0.29, 0.717) is 5.75 Å². The second-order valence-corrected chi connectivity index (χ2v) is 5.31. The Morgan fingerprint density at radius 2 is 2.05 bits per heavy atom. The van der Waals surface area contributed by atoms with Gasteiger partial charge in [-0.15, -0.1) is 0 Å². The van der Waals surface area contributed by atoms with Crippen LogP contribution in [0.15, 0.2) is 18.2 Å². The molecule has 2 atom stereocenters. The van der Waals surface area contributed by atoms with Gasteiger partial charge < -0.3 is 15.2 Å². The summed E-state index contributed by atoms with van der Waals surface area (Å²) in [6, 6.07) is 4.36. The van der Waals surface area contributed by atoms with Gasteiger partial charge in [0.2, 0.25) is 0 Å². The summed E-state index contributed by atoms with van der Waals surface area (Å²) in [6.45, 7) is 5.59. The predicted molar refractivity (Wildman–Crippen MR) is 81.0 cm³/mol. The van der Waals surface area contributed by atoms with E-state index in [1.165, 1.54) is 18.2 Å². The van der Waals surface area contributed by atoms with Crippen LogP contribution in [0.5, 0.6) is 5.75 Å². The van der Waals surface area contributed by atoms with Gasteiger partial charge in [0.05, 0.1) is 10.6 Å². The third kappa shape index (κ3) is 5.27. The molecular weight excluding hydrogens is 294 g/mol. The number of nitrogens with one attached hydrogen (secondary N) is 1. The molecule has 5 nitrogen and oxygen atoms in total. The molecule has 0 aliphatic carbocycles. The Bertz CT molecular complexity index is 518. The van der Waals surface area contributed by atoms with E-state index in [1.807, 2.05) is 13.8 Å². The van der Waals surface area contributed by atoms with E-state index < -0.39 is 12.1 Å². The molecule has 0 bridgehead atoms. The summed E-state index contributed by atoms with van der Waals surface area (Å²) in [5.74, 6) is -1.08. The molecule has 0 heterocycles. The SMILES string of the molecule is CCCC(C)NC(=O)C(C)Oc1ccc(Cl)c(C(=O)O)c1. The molecule has 116 valence electrons. The van der Waals surface area contributed by atoms with Crippen molar-refractivity contribution in [2.45, 2.75) is 45.8 Å². The van der Waals surface area contributed by atoms with Crippen LogP contribution in [0.1, 0.15) is 44.0 Å². The lowest BCUT2D eigenvalue weighted by Crippen LogP contribution is -2.41. The molecule has 0 radical (unpaired) electrons. The van der Waals surface area contributed by atoms with Gasteiger partial charge in [0.15, 0.2) is 6.10 Å². The van der Waals surface area contributed by atoms with Crippen LogP contribution < -0.4 is 10.1 Å². The first-order valence-electron chi connectivity index (χ1n) is 6.85. The van der Waals surface area contributed by atoms with Crippen molar-refractivity contribution in [2.24, 2.45) is 0 Å². The maximum absolute atomic E-state index is 11.9. The van der Waals surface area contributed by atoms with Crippen LogP contribution in [0.25, 0.3) is 0 Å². The van der Waals surface area contributed by atoms with Gasteiger partial charge in [-0.25, -0.2) is 4.79 Å². The first-order valence-corrected chi connectivity index (χ1v) is 7.22. The topological polar surface area (TPSA) is 75.6 Å². The highest BCUT2D eigenvalue weighted by molar-refractivity contribution is 6.33. The molecule has 2 unspecified atom stereocenters. The predicted octanol–water partition coefficient (Wildman–Crippen LogP) is 3.11. The zero-order valence-corrected chi connectivity index (χ0v) is 13.1. The highest BCUT2D eigenvalue weighted by Crippen LogP contribution is 2.23. The fourth-order valence-electron chi connectivity index (χ4n) is 1.86. The zero-order chi connectivity index (χ0) is 16.0. The van der Waals surface area contributed by atoms with Gasteiger partial charge >= 0.3 is 5.97 Å². The lowest BCUT2D eigenvalue weighted by Gasteiger charge is -2.18. The molecule has 0 aromatic heterocycles. The molecule has 0 aliphatic rings. The number of aromatic carboxylic acids is 1. The van der Waals surface area contributed by atoms with E-state index in [0.717, 1.165) is 12.8 Å². The second-order valence-electron chi connectivity index (χ2n) is 4.91. The zero-order valence-electron chi connectivity index (χ0n) is 12.4. The van der Waals surface area contributed by atoms with E-state index in [-0.39, 0.29) is 22.5 Å². The number of hydrogen-bond donors (Lipinski definition) is 2. The summed E-state index contributed by atoms with van der Waals surface area (Å²) in [6.07, 6.45) is 1.16. The van der Waals surface area contributed by atoms with Crippen molar-refractivity contribution in [3.8, 4) is 5.75 Å². The number of benzene rings is 1. The van der Waals surface area contributed by atoms with E-state index in [1.54, 1.807) is 6.92 Å². The van der Waals surface area contributed by atoms with Crippen molar-refractivity contribution in [1.29, 1.82) is 0 Å². The fourth-order valence-corrected chi connectivity index (χ4v) is 2.06. The molecule has 0 saturated heterocycles. The maximum atomic E-state index is 11.9. The summed E-state index contributed by atoms with van der Waals surface area (Å²) in [5.41, 5.74) is -0.0545. The Balaban J connectivity index is 2.70. The average molecular weight is 314 g/mol. The first kappa shape index (κ1) is 17.3. The third-order valence-corrected chi connectivity index (χ3v) is 3.29. The number of halogens is 1. The van der Waals surface area contributed by atoms with Crippen molar-refractivity contribution in [3.63, 3.8) is 0 Å². The molecule has 0 spiro atoms. The number of carboxylic acids is 1. The summed E-state index contributed by atoms with van der Waals surface area (Å²) in [4.78, 5) is 22.9. The number of amides is 1. The second kappa shape index (κ2) is 7.88. The Kier molecular flexibility index (Phi) is 6.49. The number of carbonyl (C=O) groups is 2. The van der Waals surface area contributed by atoms with Crippen LogP contribution in [0.4, 0.5) is 0 Å². The van der Waals surface area contributed by atoms with Crippen molar-refractivity contribution in [2.75, 3.05) is 0 Å². The number of carboxylic acid groups (broad SMARTS) is 1. The molecule has 1 aromatic rings. The highest BCUT2D eigenvalue weighted by atomic mass is 35.5. The number of ether oxygens (including phenoxy) is 1.